The number of hydrogen-bond acceptors (Lipinski definition) is 4. The molecule has 0 bridgehead atoms. The van der Waals surface area contributed by atoms with Gasteiger partial charge < -0.3 is 0 Å². The summed E-state index contributed by atoms with van der Waals surface area (Å²) in [5.74, 6) is -0.118. The quantitative estimate of drug-likeness (QED) is 0.665. The topological polar surface area (TPSA) is 54.5 Å². The van der Waals surface area contributed by atoms with Crippen LogP contribution in [-0.2, 0) is 14.4 Å². The van der Waals surface area contributed by atoms with Crippen molar-refractivity contribution in [3.05, 3.63) is 0 Å². The Balaban J connectivity index is 0. The highest BCUT2D eigenvalue weighted by molar-refractivity contribution is 5.83. The molecule has 88 valence electrons. The summed E-state index contributed by atoms with van der Waals surface area (Å²) >= 11 is 0. The SMILES string of the molecule is CC.CC(=O)CN(CC(C)=O)CC(C)=O. The van der Waals surface area contributed by atoms with E-state index in [9.17, 15) is 14.4 Å². The number of carbonyl (C=O) groups excluding carboxylic acids is 3. The van der Waals surface area contributed by atoms with Crippen molar-refractivity contribution >= 4 is 17.3 Å². The maximum Gasteiger partial charge on any atom is 0.143 e. The first-order chi connectivity index (χ1) is 6.91. The van der Waals surface area contributed by atoms with Crippen LogP contribution in [0, 0.1) is 0 Å². The Morgan fingerprint density at radius 1 is 0.733 bits per heavy atom. The first kappa shape index (κ1) is 16.4. The first-order valence-corrected chi connectivity index (χ1v) is 5.12. The lowest BCUT2D eigenvalue weighted by Crippen LogP contribution is -2.36. The normalized spacial score (nSPS) is 9.20. The van der Waals surface area contributed by atoms with Crippen molar-refractivity contribution in [3.8, 4) is 0 Å². The smallest absolute Gasteiger partial charge is 0.143 e. The Morgan fingerprint density at radius 3 is 1.07 bits per heavy atom. The summed E-state index contributed by atoms with van der Waals surface area (Å²) in [6, 6.07) is 0. The van der Waals surface area contributed by atoms with Crippen LogP contribution in [-0.4, -0.2) is 41.9 Å². The van der Waals surface area contributed by atoms with Gasteiger partial charge in [0.15, 0.2) is 0 Å². The van der Waals surface area contributed by atoms with E-state index in [-0.39, 0.29) is 37.0 Å². The predicted octanol–water partition coefficient (Wildman–Crippen LogP) is 1.08. The average molecular weight is 215 g/mol. The summed E-state index contributed by atoms with van der Waals surface area (Å²) in [4.78, 5) is 33.8. The van der Waals surface area contributed by atoms with Crippen LogP contribution in [0.15, 0.2) is 0 Å². The van der Waals surface area contributed by atoms with Crippen LogP contribution >= 0.6 is 0 Å². The molecule has 0 aromatic carbocycles. The van der Waals surface area contributed by atoms with Crippen molar-refractivity contribution in [2.45, 2.75) is 34.6 Å². The number of ketones is 3. The third-order valence-corrected chi connectivity index (χ3v) is 1.34. The van der Waals surface area contributed by atoms with E-state index in [0.717, 1.165) is 0 Å². The molecular weight excluding hydrogens is 194 g/mol. The second-order valence-electron chi connectivity index (χ2n) is 3.25. The number of rotatable bonds is 6. The van der Waals surface area contributed by atoms with Crippen molar-refractivity contribution in [1.82, 2.24) is 4.90 Å². The van der Waals surface area contributed by atoms with Gasteiger partial charge in [-0.3, -0.25) is 19.3 Å². The van der Waals surface area contributed by atoms with E-state index in [1.165, 1.54) is 20.8 Å². The molecule has 0 atom stereocenters. The Morgan fingerprint density at radius 2 is 0.933 bits per heavy atom. The lowest BCUT2D eigenvalue weighted by atomic mass is 10.3. The summed E-state index contributed by atoms with van der Waals surface area (Å²) in [6.07, 6.45) is 0. The zero-order valence-electron chi connectivity index (χ0n) is 10.3. The van der Waals surface area contributed by atoms with Crippen LogP contribution in [0.5, 0.6) is 0 Å². The van der Waals surface area contributed by atoms with E-state index in [1.807, 2.05) is 13.8 Å². The van der Waals surface area contributed by atoms with E-state index in [0.29, 0.717) is 0 Å². The molecule has 0 aliphatic carbocycles. The van der Waals surface area contributed by atoms with Crippen LogP contribution in [0.25, 0.3) is 0 Å². The van der Waals surface area contributed by atoms with E-state index >= 15 is 0 Å². The van der Waals surface area contributed by atoms with Gasteiger partial charge in [-0.25, -0.2) is 0 Å². The minimum atomic E-state index is -0.0394. The zero-order chi connectivity index (χ0) is 12.4. The lowest BCUT2D eigenvalue weighted by Gasteiger charge is -2.17. The number of Topliss-reactive ketones (excluding diaryl/α,β-unsaturated/α-hetero) is 3. The predicted molar refractivity (Wildman–Crippen MR) is 59.8 cm³/mol. The molecule has 0 rings (SSSR count). The lowest BCUT2D eigenvalue weighted by molar-refractivity contribution is -0.123. The Bertz CT molecular complexity index is 186. The maximum absolute atomic E-state index is 10.8. The number of carbonyl (C=O) groups is 3. The van der Waals surface area contributed by atoms with Gasteiger partial charge in [-0.1, -0.05) is 13.8 Å². The molecule has 0 aliphatic rings. The molecule has 0 radical (unpaired) electrons. The molecule has 4 nitrogen and oxygen atoms in total. The summed E-state index contributed by atoms with van der Waals surface area (Å²) in [5.41, 5.74) is 0. The molecular formula is C11H21NO3. The molecule has 0 aromatic heterocycles. The largest absolute Gasteiger partial charge is 0.299 e. The van der Waals surface area contributed by atoms with Crippen LogP contribution in [0.3, 0.4) is 0 Å². The van der Waals surface area contributed by atoms with Crippen molar-refractivity contribution in [2.24, 2.45) is 0 Å². The molecule has 0 unspecified atom stereocenters. The Hall–Kier alpha value is -1.03. The molecule has 0 saturated heterocycles. The number of nitrogens with zero attached hydrogens (tertiary/aromatic N) is 1. The van der Waals surface area contributed by atoms with Gasteiger partial charge in [0.2, 0.25) is 0 Å². The van der Waals surface area contributed by atoms with E-state index in [1.54, 1.807) is 4.90 Å². The highest BCUT2D eigenvalue weighted by Crippen LogP contribution is 1.90. The third-order valence-electron chi connectivity index (χ3n) is 1.34. The second-order valence-corrected chi connectivity index (χ2v) is 3.25. The minimum Gasteiger partial charge on any atom is -0.299 e. The summed E-state index contributed by atoms with van der Waals surface area (Å²) in [5, 5.41) is 0. The Kier molecular flexibility index (Phi) is 10.4. The summed E-state index contributed by atoms with van der Waals surface area (Å²) < 4.78 is 0. The third kappa shape index (κ3) is 13.0. The zero-order valence-corrected chi connectivity index (χ0v) is 10.3. The van der Waals surface area contributed by atoms with Crippen molar-refractivity contribution in [1.29, 1.82) is 0 Å². The minimum absolute atomic E-state index is 0.0394. The highest BCUT2D eigenvalue weighted by atomic mass is 16.1. The monoisotopic (exact) mass is 215 g/mol. The van der Waals surface area contributed by atoms with Gasteiger partial charge in [0, 0.05) is 0 Å². The molecule has 0 heterocycles. The summed E-state index contributed by atoms with van der Waals surface area (Å²) in [6.45, 7) is 8.81. The first-order valence-electron chi connectivity index (χ1n) is 5.12. The van der Waals surface area contributed by atoms with Crippen LogP contribution in [0.1, 0.15) is 34.6 Å². The highest BCUT2D eigenvalue weighted by Gasteiger charge is 2.11. The van der Waals surface area contributed by atoms with Gasteiger partial charge in [0.25, 0.3) is 0 Å². The Labute approximate surface area is 91.6 Å². The molecule has 15 heavy (non-hydrogen) atoms. The van der Waals surface area contributed by atoms with E-state index in [4.69, 9.17) is 0 Å². The fraction of sp³-hybridized carbons (Fsp3) is 0.727. The van der Waals surface area contributed by atoms with Crippen LogP contribution < -0.4 is 0 Å². The standard InChI is InChI=1S/C9H15NO3.C2H6/c1-7(11)4-10(5-8(2)12)6-9(3)13;1-2/h4-6H2,1-3H3;1-2H3. The van der Waals surface area contributed by atoms with Gasteiger partial charge in [0.05, 0.1) is 19.6 Å². The molecule has 0 spiro atoms. The fourth-order valence-electron chi connectivity index (χ4n) is 1.11. The molecule has 0 fully saturated rings. The molecule has 0 saturated carbocycles. The van der Waals surface area contributed by atoms with Crippen molar-refractivity contribution < 1.29 is 14.4 Å². The molecule has 0 aromatic rings. The summed E-state index contributed by atoms with van der Waals surface area (Å²) in [7, 11) is 0. The van der Waals surface area contributed by atoms with Crippen molar-refractivity contribution in [3.63, 3.8) is 0 Å². The van der Waals surface area contributed by atoms with E-state index in [2.05, 4.69) is 0 Å². The average Bonchev–Trinajstić information content (AvgIpc) is 2.03. The molecule has 4 heteroatoms. The van der Waals surface area contributed by atoms with Crippen LogP contribution in [0.2, 0.25) is 0 Å². The molecule has 0 aliphatic heterocycles. The molecule has 0 amide bonds. The van der Waals surface area contributed by atoms with Gasteiger partial charge >= 0.3 is 0 Å². The maximum atomic E-state index is 10.8. The van der Waals surface area contributed by atoms with Gasteiger partial charge in [-0.2, -0.15) is 0 Å². The van der Waals surface area contributed by atoms with Gasteiger partial charge in [-0.15, -0.1) is 0 Å². The van der Waals surface area contributed by atoms with Gasteiger partial charge in [-0.05, 0) is 20.8 Å². The second kappa shape index (κ2) is 9.52. The van der Waals surface area contributed by atoms with Crippen LogP contribution in [0.4, 0.5) is 0 Å². The number of hydrogen-bond donors (Lipinski definition) is 0. The van der Waals surface area contributed by atoms with E-state index < -0.39 is 0 Å². The fourth-order valence-corrected chi connectivity index (χ4v) is 1.11. The van der Waals surface area contributed by atoms with Gasteiger partial charge in [0.1, 0.15) is 17.3 Å². The van der Waals surface area contributed by atoms with Crippen molar-refractivity contribution in [2.75, 3.05) is 19.6 Å². The molecule has 0 N–H and O–H groups in total.